The van der Waals surface area contributed by atoms with Crippen LogP contribution >= 0.6 is 0 Å². The number of rotatable bonds is 5. The molecule has 11 heteroatoms. The average molecular weight is 501 g/mol. The van der Waals surface area contributed by atoms with Gasteiger partial charge in [-0.05, 0) is 56.7 Å². The van der Waals surface area contributed by atoms with Crippen molar-refractivity contribution in [3.63, 3.8) is 0 Å². The van der Waals surface area contributed by atoms with Crippen molar-refractivity contribution in [3.8, 4) is 11.6 Å². The molecule has 4 heterocycles. The largest absolute Gasteiger partial charge is 0.461 e. The van der Waals surface area contributed by atoms with E-state index in [4.69, 9.17) is 10.2 Å². The first-order chi connectivity index (χ1) is 17.9. The Morgan fingerprint density at radius 1 is 1.11 bits per heavy atom. The molecule has 1 aromatic carbocycles. The molecule has 11 nitrogen and oxygen atoms in total. The minimum atomic E-state index is -1.23. The van der Waals surface area contributed by atoms with Crippen LogP contribution in [0.4, 0.5) is 5.95 Å². The van der Waals surface area contributed by atoms with Crippen LogP contribution in [0.1, 0.15) is 44.6 Å². The van der Waals surface area contributed by atoms with Crippen LogP contribution in [0.2, 0.25) is 0 Å². The van der Waals surface area contributed by atoms with Gasteiger partial charge in [-0.15, -0.1) is 5.10 Å². The van der Waals surface area contributed by atoms with Crippen molar-refractivity contribution < 1.29 is 14.3 Å². The summed E-state index contributed by atoms with van der Waals surface area (Å²) in [6.07, 6.45) is 6.68. The van der Waals surface area contributed by atoms with Crippen LogP contribution in [-0.2, 0) is 10.3 Å². The molecular formula is C26H28N8O3. The molecule has 37 heavy (non-hydrogen) atoms. The zero-order chi connectivity index (χ0) is 25.6. The predicted octanol–water partition coefficient (Wildman–Crippen LogP) is 2.89. The Morgan fingerprint density at radius 3 is 2.73 bits per heavy atom. The summed E-state index contributed by atoms with van der Waals surface area (Å²) in [6, 6.07) is 13.0. The Balaban J connectivity index is 1.47. The summed E-state index contributed by atoms with van der Waals surface area (Å²) in [5.74, 6) is 0.787. The van der Waals surface area contributed by atoms with Gasteiger partial charge in [-0.3, -0.25) is 4.79 Å². The first-order valence-corrected chi connectivity index (χ1v) is 12.4. The predicted molar refractivity (Wildman–Crippen MR) is 136 cm³/mol. The van der Waals surface area contributed by atoms with Gasteiger partial charge in [0.1, 0.15) is 0 Å². The lowest BCUT2D eigenvalue weighted by molar-refractivity contribution is -0.128. The third-order valence-corrected chi connectivity index (χ3v) is 7.25. The maximum Gasteiger partial charge on any atom is 0.252 e. The Labute approximate surface area is 212 Å². The smallest absolute Gasteiger partial charge is 0.252 e. The van der Waals surface area contributed by atoms with Crippen molar-refractivity contribution in [1.82, 2.24) is 34.7 Å². The van der Waals surface area contributed by atoms with E-state index < -0.39 is 5.54 Å². The lowest BCUT2D eigenvalue weighted by Gasteiger charge is -2.32. The number of hydrogen-bond donors (Lipinski definition) is 3. The minimum absolute atomic E-state index is 0.0356. The molecule has 1 amide bonds. The Kier molecular flexibility index (Phi) is 5.64. The number of nitrogens with one attached hydrogen (secondary N) is 1. The fraction of sp³-hybridized carbons (Fsp3) is 0.346. The second kappa shape index (κ2) is 9.00. The normalized spacial score (nSPS) is 20.1. The summed E-state index contributed by atoms with van der Waals surface area (Å²) in [5, 5.41) is 23.0. The van der Waals surface area contributed by atoms with Crippen LogP contribution in [0, 0.1) is 0 Å². The number of furan rings is 1. The number of aromatic nitrogens is 6. The number of aliphatic hydroxyl groups is 1. The van der Waals surface area contributed by atoms with E-state index in [2.05, 4.69) is 25.5 Å². The minimum Gasteiger partial charge on any atom is -0.461 e. The summed E-state index contributed by atoms with van der Waals surface area (Å²) in [5.41, 5.74) is 6.72. The molecule has 1 aliphatic carbocycles. The molecule has 6 rings (SSSR count). The molecule has 190 valence electrons. The van der Waals surface area contributed by atoms with Crippen LogP contribution < -0.4 is 11.1 Å². The lowest BCUT2D eigenvalue weighted by atomic mass is 9.90. The van der Waals surface area contributed by atoms with Crippen LogP contribution in [0.3, 0.4) is 0 Å². The molecule has 1 saturated carbocycles. The molecule has 0 saturated heterocycles. The van der Waals surface area contributed by atoms with E-state index in [-0.39, 0.29) is 24.0 Å². The summed E-state index contributed by atoms with van der Waals surface area (Å²) in [6.45, 7) is 1.83. The standard InChI is InChI=1S/C26H28N8O3/c1-26(16-7-3-2-4-8-16,24(36)29-17-9-5-10-18(35)13-12-17)34-23-19(15-28-34)22-30-21(20-11-6-14-37-20)32-33(22)25(27)31-23/h2-4,6-8,11,14-15,17-18,35H,5,9-10,12-13H2,1H3,(H2,27,31)(H,29,36). The van der Waals surface area contributed by atoms with E-state index in [1.165, 1.54) is 4.52 Å². The van der Waals surface area contributed by atoms with Gasteiger partial charge in [0.2, 0.25) is 11.8 Å². The Hall–Kier alpha value is -4.25. The fourth-order valence-electron chi connectivity index (χ4n) is 5.11. The number of fused-ring (bicyclic) bond motifs is 3. The number of nitrogens with two attached hydrogens (primary N) is 1. The van der Waals surface area contributed by atoms with E-state index >= 15 is 0 Å². The highest BCUT2D eigenvalue weighted by Gasteiger charge is 2.41. The summed E-state index contributed by atoms with van der Waals surface area (Å²) in [4.78, 5) is 23.3. The lowest BCUT2D eigenvalue weighted by Crippen LogP contribution is -2.51. The number of benzene rings is 1. The van der Waals surface area contributed by atoms with Gasteiger partial charge in [-0.1, -0.05) is 30.3 Å². The van der Waals surface area contributed by atoms with Crippen LogP contribution in [-0.4, -0.2) is 52.5 Å². The molecule has 1 aliphatic rings. The van der Waals surface area contributed by atoms with Crippen molar-refractivity contribution in [2.45, 2.75) is 56.7 Å². The number of nitrogens with zero attached hydrogens (tertiary/aromatic N) is 6. The molecule has 3 atom stereocenters. The first-order valence-electron chi connectivity index (χ1n) is 12.4. The highest BCUT2D eigenvalue weighted by atomic mass is 16.3. The van der Waals surface area contributed by atoms with E-state index in [0.29, 0.717) is 34.7 Å². The highest BCUT2D eigenvalue weighted by molar-refractivity contribution is 5.94. The number of aliphatic hydroxyl groups excluding tert-OH is 1. The topological polar surface area (TPSA) is 149 Å². The van der Waals surface area contributed by atoms with E-state index in [9.17, 15) is 9.90 Å². The molecule has 1 fully saturated rings. The maximum absolute atomic E-state index is 14.0. The SMILES string of the molecule is CC(C(=O)NC1CCCC(O)CC1)(c1ccccc1)n1ncc2c1nc(N)n1nc(-c3ccco3)nc21. The first kappa shape index (κ1) is 23.2. The van der Waals surface area contributed by atoms with Crippen LogP contribution in [0.25, 0.3) is 28.3 Å². The Morgan fingerprint density at radius 2 is 1.95 bits per heavy atom. The summed E-state index contributed by atoms with van der Waals surface area (Å²) >= 11 is 0. The van der Waals surface area contributed by atoms with Gasteiger partial charge < -0.3 is 20.6 Å². The van der Waals surface area contributed by atoms with Gasteiger partial charge in [0.25, 0.3) is 5.91 Å². The molecule has 0 aliphatic heterocycles. The van der Waals surface area contributed by atoms with Crippen molar-refractivity contribution >= 4 is 28.5 Å². The van der Waals surface area contributed by atoms with Crippen molar-refractivity contribution in [2.75, 3.05) is 5.73 Å². The van der Waals surface area contributed by atoms with Crippen molar-refractivity contribution in [2.24, 2.45) is 0 Å². The molecule has 0 radical (unpaired) electrons. The van der Waals surface area contributed by atoms with Gasteiger partial charge in [-0.25, -0.2) is 9.67 Å². The third kappa shape index (κ3) is 3.91. The number of carbonyl (C=O) groups excluding carboxylic acids is 1. The quantitative estimate of drug-likeness (QED) is 0.312. The fourth-order valence-corrected chi connectivity index (χ4v) is 5.11. The van der Waals surface area contributed by atoms with Gasteiger partial charge in [0.05, 0.1) is 24.0 Å². The zero-order valence-corrected chi connectivity index (χ0v) is 20.4. The molecule has 5 aromatic rings. The van der Waals surface area contributed by atoms with E-state index in [1.54, 1.807) is 29.3 Å². The van der Waals surface area contributed by atoms with Gasteiger partial charge in [0, 0.05) is 6.04 Å². The molecule has 4 N–H and O–H groups in total. The van der Waals surface area contributed by atoms with Gasteiger partial charge >= 0.3 is 0 Å². The molecule has 3 unspecified atom stereocenters. The molecule has 0 bridgehead atoms. The van der Waals surface area contributed by atoms with Crippen LogP contribution in [0.15, 0.2) is 59.3 Å². The number of hydrogen-bond acceptors (Lipinski definition) is 8. The second-order valence-electron chi connectivity index (χ2n) is 9.68. The zero-order valence-electron chi connectivity index (χ0n) is 20.4. The summed E-state index contributed by atoms with van der Waals surface area (Å²) in [7, 11) is 0. The van der Waals surface area contributed by atoms with Crippen LogP contribution in [0.5, 0.6) is 0 Å². The number of nitrogen functional groups attached to an aromatic ring is 1. The van der Waals surface area contributed by atoms with Gasteiger partial charge in [0.15, 0.2) is 22.6 Å². The average Bonchev–Trinajstić information content (AvgIpc) is 3.64. The van der Waals surface area contributed by atoms with Gasteiger partial charge in [-0.2, -0.15) is 14.6 Å². The van der Waals surface area contributed by atoms with E-state index in [1.807, 2.05) is 37.3 Å². The molecular weight excluding hydrogens is 472 g/mol. The second-order valence-corrected chi connectivity index (χ2v) is 9.68. The van der Waals surface area contributed by atoms with Crippen molar-refractivity contribution in [3.05, 3.63) is 60.5 Å². The molecule has 0 spiro atoms. The number of anilines is 1. The number of carbonyl (C=O) groups is 1. The van der Waals surface area contributed by atoms with Crippen molar-refractivity contribution in [1.29, 1.82) is 0 Å². The van der Waals surface area contributed by atoms with E-state index in [0.717, 1.165) is 31.2 Å². The maximum atomic E-state index is 14.0. The molecule has 4 aromatic heterocycles. The third-order valence-electron chi connectivity index (χ3n) is 7.25. The Bertz CT molecular complexity index is 1560. The highest BCUT2D eigenvalue weighted by Crippen LogP contribution is 2.32. The number of amides is 1. The monoisotopic (exact) mass is 500 g/mol. The summed E-state index contributed by atoms with van der Waals surface area (Å²) < 4.78 is 8.50.